The van der Waals surface area contributed by atoms with Crippen LogP contribution in [0.25, 0.3) is 0 Å². The van der Waals surface area contributed by atoms with Crippen LogP contribution in [0.5, 0.6) is 0 Å². The topological polar surface area (TPSA) is 47.7 Å². The number of nitrogens with two attached hydrogens (primary N) is 1. The maximum Gasteiger partial charge on any atom is 0.0589 e. The van der Waals surface area contributed by atoms with Gasteiger partial charge < -0.3 is 15.2 Å². The van der Waals surface area contributed by atoms with Crippen LogP contribution < -0.4 is 5.73 Å². The summed E-state index contributed by atoms with van der Waals surface area (Å²) < 4.78 is 10.4. The molecule has 120 valence electrons. The predicted molar refractivity (Wildman–Crippen MR) is 87.7 cm³/mol. The molecule has 4 heteroatoms. The molecule has 0 spiro atoms. The summed E-state index contributed by atoms with van der Waals surface area (Å²) in [6.07, 6.45) is 1.00. The van der Waals surface area contributed by atoms with Crippen molar-refractivity contribution in [3.05, 3.63) is 34.9 Å². The molecular formula is C17H30N2O2. The van der Waals surface area contributed by atoms with E-state index in [-0.39, 0.29) is 6.04 Å². The van der Waals surface area contributed by atoms with Crippen molar-refractivity contribution in [2.75, 3.05) is 47.1 Å². The highest BCUT2D eigenvalue weighted by Gasteiger charge is 2.21. The van der Waals surface area contributed by atoms with Crippen molar-refractivity contribution >= 4 is 0 Å². The van der Waals surface area contributed by atoms with Gasteiger partial charge in [0.15, 0.2) is 0 Å². The van der Waals surface area contributed by atoms with Gasteiger partial charge in [0.25, 0.3) is 0 Å². The third-order valence-corrected chi connectivity index (χ3v) is 3.92. The van der Waals surface area contributed by atoms with Crippen molar-refractivity contribution in [3.8, 4) is 0 Å². The van der Waals surface area contributed by atoms with Gasteiger partial charge in [-0.05, 0) is 37.0 Å². The van der Waals surface area contributed by atoms with Crippen LogP contribution in [0.1, 0.15) is 29.2 Å². The molecule has 1 atom stereocenters. The average Bonchev–Trinajstić information content (AvgIpc) is 2.47. The van der Waals surface area contributed by atoms with Crippen LogP contribution in [0, 0.1) is 13.8 Å². The van der Waals surface area contributed by atoms with E-state index in [4.69, 9.17) is 15.2 Å². The van der Waals surface area contributed by atoms with Crippen LogP contribution in [-0.2, 0) is 9.47 Å². The molecule has 1 rings (SSSR count). The minimum atomic E-state index is 0.234. The van der Waals surface area contributed by atoms with Gasteiger partial charge in [-0.25, -0.2) is 0 Å². The number of rotatable bonds is 10. The average molecular weight is 294 g/mol. The fourth-order valence-corrected chi connectivity index (χ4v) is 2.85. The molecule has 2 N–H and O–H groups in total. The molecule has 0 amide bonds. The second-order valence-electron chi connectivity index (χ2n) is 5.43. The van der Waals surface area contributed by atoms with Gasteiger partial charge in [-0.2, -0.15) is 0 Å². The Bertz CT molecular complexity index is 390. The van der Waals surface area contributed by atoms with Crippen molar-refractivity contribution in [2.24, 2.45) is 5.73 Å². The second kappa shape index (κ2) is 9.90. The molecular weight excluding hydrogens is 264 g/mol. The van der Waals surface area contributed by atoms with E-state index < -0.39 is 0 Å². The van der Waals surface area contributed by atoms with Crippen LogP contribution in [0.2, 0.25) is 0 Å². The first kappa shape index (κ1) is 18.1. The standard InChI is InChI=1S/C17H30N2O2/c1-14-7-5-8-15(2)17(14)16(13-18)19(10-12-21-4)9-6-11-20-3/h5,7-8,16H,6,9-13,18H2,1-4H3. The van der Waals surface area contributed by atoms with E-state index in [2.05, 4.69) is 36.9 Å². The van der Waals surface area contributed by atoms with E-state index in [1.54, 1.807) is 14.2 Å². The molecule has 0 aromatic heterocycles. The summed E-state index contributed by atoms with van der Waals surface area (Å²) in [5, 5.41) is 0. The number of aryl methyl sites for hydroxylation is 2. The number of hydrogen-bond acceptors (Lipinski definition) is 4. The lowest BCUT2D eigenvalue weighted by molar-refractivity contribution is 0.107. The Hall–Kier alpha value is -0.940. The first-order valence-corrected chi connectivity index (χ1v) is 7.63. The first-order valence-electron chi connectivity index (χ1n) is 7.63. The Morgan fingerprint density at radius 2 is 1.67 bits per heavy atom. The maximum atomic E-state index is 6.11. The Balaban J connectivity index is 2.93. The first-order chi connectivity index (χ1) is 10.2. The Kier molecular flexibility index (Phi) is 8.54. The summed E-state index contributed by atoms with van der Waals surface area (Å²) in [5.41, 5.74) is 10.1. The van der Waals surface area contributed by atoms with Crippen molar-refractivity contribution in [1.82, 2.24) is 4.90 Å². The molecule has 0 radical (unpaired) electrons. The molecule has 4 nitrogen and oxygen atoms in total. The van der Waals surface area contributed by atoms with E-state index in [0.717, 1.165) is 26.1 Å². The molecule has 0 bridgehead atoms. The van der Waals surface area contributed by atoms with E-state index in [9.17, 15) is 0 Å². The lowest BCUT2D eigenvalue weighted by Crippen LogP contribution is -2.38. The van der Waals surface area contributed by atoms with E-state index in [0.29, 0.717) is 13.2 Å². The van der Waals surface area contributed by atoms with Gasteiger partial charge in [0.1, 0.15) is 0 Å². The van der Waals surface area contributed by atoms with E-state index in [1.807, 2.05) is 0 Å². The van der Waals surface area contributed by atoms with Gasteiger partial charge in [-0.3, -0.25) is 4.90 Å². The summed E-state index contributed by atoms with van der Waals surface area (Å²) in [5.74, 6) is 0. The number of benzene rings is 1. The van der Waals surface area contributed by atoms with Crippen molar-refractivity contribution in [2.45, 2.75) is 26.3 Å². The molecule has 0 aliphatic rings. The summed E-state index contributed by atoms with van der Waals surface area (Å²) in [4.78, 5) is 2.41. The number of hydrogen-bond donors (Lipinski definition) is 1. The smallest absolute Gasteiger partial charge is 0.0589 e. The number of nitrogens with zero attached hydrogens (tertiary/aromatic N) is 1. The molecule has 0 aliphatic heterocycles. The van der Waals surface area contributed by atoms with Gasteiger partial charge in [0.2, 0.25) is 0 Å². The highest BCUT2D eigenvalue weighted by atomic mass is 16.5. The van der Waals surface area contributed by atoms with Crippen LogP contribution in [0.15, 0.2) is 18.2 Å². The Morgan fingerprint density at radius 3 is 2.19 bits per heavy atom. The van der Waals surface area contributed by atoms with Crippen LogP contribution >= 0.6 is 0 Å². The zero-order valence-corrected chi connectivity index (χ0v) is 13.9. The predicted octanol–water partition coefficient (Wildman–Crippen LogP) is 2.29. The lowest BCUT2D eigenvalue weighted by Gasteiger charge is -2.33. The minimum Gasteiger partial charge on any atom is -0.385 e. The monoisotopic (exact) mass is 294 g/mol. The Labute approximate surface area is 129 Å². The quantitative estimate of drug-likeness (QED) is 0.673. The number of methoxy groups -OCH3 is 2. The van der Waals surface area contributed by atoms with Gasteiger partial charge >= 0.3 is 0 Å². The third-order valence-electron chi connectivity index (χ3n) is 3.92. The summed E-state index contributed by atoms with van der Waals surface area (Å²) in [6.45, 7) is 8.27. The molecule has 1 aromatic carbocycles. The van der Waals surface area contributed by atoms with Crippen LogP contribution in [0.3, 0.4) is 0 Å². The zero-order valence-electron chi connectivity index (χ0n) is 13.9. The molecule has 1 unspecified atom stereocenters. The maximum absolute atomic E-state index is 6.11. The normalized spacial score (nSPS) is 12.9. The second-order valence-corrected chi connectivity index (χ2v) is 5.43. The summed E-state index contributed by atoms with van der Waals surface area (Å²) in [7, 11) is 3.48. The molecule has 21 heavy (non-hydrogen) atoms. The highest BCUT2D eigenvalue weighted by Crippen LogP contribution is 2.26. The van der Waals surface area contributed by atoms with Crippen LogP contribution in [0.4, 0.5) is 0 Å². The van der Waals surface area contributed by atoms with Crippen molar-refractivity contribution in [3.63, 3.8) is 0 Å². The van der Waals surface area contributed by atoms with Gasteiger partial charge in [-0.1, -0.05) is 18.2 Å². The van der Waals surface area contributed by atoms with Gasteiger partial charge in [0, 0.05) is 46.5 Å². The molecule has 0 heterocycles. The lowest BCUT2D eigenvalue weighted by atomic mass is 9.95. The summed E-state index contributed by atoms with van der Waals surface area (Å²) >= 11 is 0. The Morgan fingerprint density at radius 1 is 1.05 bits per heavy atom. The fraction of sp³-hybridized carbons (Fsp3) is 0.647. The minimum absolute atomic E-state index is 0.234. The molecule has 1 aromatic rings. The molecule has 0 aliphatic carbocycles. The zero-order chi connectivity index (χ0) is 15.7. The number of ether oxygens (including phenoxy) is 2. The van der Waals surface area contributed by atoms with Crippen molar-refractivity contribution < 1.29 is 9.47 Å². The highest BCUT2D eigenvalue weighted by molar-refractivity contribution is 5.36. The van der Waals surface area contributed by atoms with E-state index in [1.165, 1.54) is 16.7 Å². The largest absolute Gasteiger partial charge is 0.385 e. The van der Waals surface area contributed by atoms with Gasteiger partial charge in [0.05, 0.1) is 6.61 Å². The summed E-state index contributed by atoms with van der Waals surface area (Å²) in [6, 6.07) is 6.66. The molecule has 0 saturated carbocycles. The third kappa shape index (κ3) is 5.40. The van der Waals surface area contributed by atoms with Crippen LogP contribution in [-0.4, -0.2) is 52.0 Å². The van der Waals surface area contributed by atoms with Crippen molar-refractivity contribution in [1.29, 1.82) is 0 Å². The van der Waals surface area contributed by atoms with Gasteiger partial charge in [-0.15, -0.1) is 0 Å². The molecule has 0 saturated heterocycles. The SMILES string of the molecule is COCCCN(CCOC)C(CN)c1c(C)cccc1C. The fourth-order valence-electron chi connectivity index (χ4n) is 2.85. The molecule has 0 fully saturated rings. The van der Waals surface area contributed by atoms with E-state index >= 15 is 0 Å².